The van der Waals surface area contributed by atoms with Crippen molar-refractivity contribution in [1.29, 1.82) is 0 Å². The van der Waals surface area contributed by atoms with Crippen molar-refractivity contribution in [3.63, 3.8) is 0 Å². The Labute approximate surface area is 96.3 Å². The van der Waals surface area contributed by atoms with Gasteiger partial charge in [0.15, 0.2) is 0 Å². The second kappa shape index (κ2) is 3.90. The Hall–Kier alpha value is -1.24. The minimum Gasteiger partial charge on any atom is -0.480 e. The van der Waals surface area contributed by atoms with Crippen LogP contribution in [-0.2, 0) is 4.79 Å². The van der Waals surface area contributed by atoms with Crippen molar-refractivity contribution in [3.05, 3.63) is 11.3 Å². The fourth-order valence-electron chi connectivity index (χ4n) is 2.65. The fourth-order valence-corrected chi connectivity index (χ4v) is 2.65. The SMILES string of the molecule is CN1C2CCCC2=C(C(F)(F)F)N1CC(=O)O. The number of alkyl halides is 3. The summed E-state index contributed by atoms with van der Waals surface area (Å²) in [6.07, 6.45) is -2.70. The van der Waals surface area contributed by atoms with E-state index in [1.165, 1.54) is 12.1 Å². The van der Waals surface area contributed by atoms with Gasteiger partial charge in [0.25, 0.3) is 0 Å². The molecule has 1 N–H and O–H groups in total. The summed E-state index contributed by atoms with van der Waals surface area (Å²) in [6.45, 7) is -0.647. The molecule has 0 saturated heterocycles. The van der Waals surface area contributed by atoms with Gasteiger partial charge in [-0.2, -0.15) is 13.2 Å². The molecule has 1 fully saturated rings. The van der Waals surface area contributed by atoms with Crippen LogP contribution in [-0.4, -0.2) is 46.9 Å². The number of fused-ring (bicyclic) bond motifs is 1. The summed E-state index contributed by atoms with van der Waals surface area (Å²) >= 11 is 0. The van der Waals surface area contributed by atoms with Crippen LogP contribution in [0.3, 0.4) is 0 Å². The van der Waals surface area contributed by atoms with Crippen LogP contribution in [0.5, 0.6) is 0 Å². The van der Waals surface area contributed by atoms with Crippen molar-refractivity contribution in [1.82, 2.24) is 10.0 Å². The van der Waals surface area contributed by atoms with Crippen LogP contribution in [0.2, 0.25) is 0 Å². The lowest BCUT2D eigenvalue weighted by molar-refractivity contribution is -0.150. The molecule has 1 unspecified atom stereocenters. The van der Waals surface area contributed by atoms with Crippen LogP contribution in [0, 0.1) is 0 Å². The van der Waals surface area contributed by atoms with Gasteiger partial charge in [-0.3, -0.25) is 9.80 Å². The van der Waals surface area contributed by atoms with E-state index in [-0.39, 0.29) is 6.04 Å². The first-order valence-electron chi connectivity index (χ1n) is 5.34. The highest BCUT2D eigenvalue weighted by Crippen LogP contribution is 2.45. The molecule has 0 aromatic carbocycles. The van der Waals surface area contributed by atoms with Gasteiger partial charge in [-0.05, 0) is 24.8 Å². The number of carboxylic acids is 1. The molecule has 17 heavy (non-hydrogen) atoms. The summed E-state index contributed by atoms with van der Waals surface area (Å²) in [7, 11) is 1.51. The van der Waals surface area contributed by atoms with Crippen LogP contribution in [0.4, 0.5) is 13.2 Å². The van der Waals surface area contributed by atoms with Crippen molar-refractivity contribution >= 4 is 5.97 Å². The smallest absolute Gasteiger partial charge is 0.432 e. The molecule has 0 amide bonds. The topological polar surface area (TPSA) is 43.8 Å². The molecule has 0 radical (unpaired) electrons. The molecule has 2 rings (SSSR count). The van der Waals surface area contributed by atoms with E-state index in [0.29, 0.717) is 18.4 Å². The third-order valence-corrected chi connectivity index (χ3v) is 3.27. The molecule has 1 atom stereocenters. The van der Waals surface area contributed by atoms with Gasteiger partial charge in [-0.1, -0.05) is 0 Å². The minimum atomic E-state index is -4.49. The number of hydrogen-bond acceptors (Lipinski definition) is 3. The molecule has 1 saturated carbocycles. The third-order valence-electron chi connectivity index (χ3n) is 3.27. The Balaban J connectivity index is 2.38. The molecule has 0 bridgehead atoms. The molecular weight excluding hydrogens is 237 g/mol. The molecule has 1 heterocycles. The molecule has 0 aromatic rings. The molecular formula is C10H13F3N2O2. The standard InChI is InChI=1S/C10H13F3N2O2/c1-14-7-4-2-3-6(7)9(10(11,12)13)15(14)5-8(16)17/h7H,2-5H2,1H3,(H,16,17). The number of carboxylic acid groups (broad SMARTS) is 1. The van der Waals surface area contributed by atoms with Crippen LogP contribution >= 0.6 is 0 Å². The lowest BCUT2D eigenvalue weighted by Gasteiger charge is -2.31. The van der Waals surface area contributed by atoms with E-state index in [9.17, 15) is 18.0 Å². The summed E-state index contributed by atoms with van der Waals surface area (Å²) < 4.78 is 38.9. The zero-order valence-electron chi connectivity index (χ0n) is 9.29. The molecule has 1 aliphatic heterocycles. The monoisotopic (exact) mass is 250 g/mol. The number of nitrogens with zero attached hydrogens (tertiary/aromatic N) is 2. The molecule has 96 valence electrons. The van der Waals surface area contributed by atoms with Crippen molar-refractivity contribution in [2.45, 2.75) is 31.5 Å². The van der Waals surface area contributed by atoms with Crippen molar-refractivity contribution < 1.29 is 23.1 Å². The first-order chi connectivity index (χ1) is 7.82. The van der Waals surface area contributed by atoms with Crippen LogP contribution in [0.15, 0.2) is 11.3 Å². The molecule has 2 aliphatic rings. The normalized spacial score (nSPS) is 25.6. The molecule has 0 aromatic heterocycles. The molecule has 0 spiro atoms. The highest BCUT2D eigenvalue weighted by atomic mass is 19.4. The Morgan fingerprint density at radius 3 is 2.71 bits per heavy atom. The number of halogens is 3. The zero-order chi connectivity index (χ0) is 12.8. The first-order valence-corrected chi connectivity index (χ1v) is 5.34. The van der Waals surface area contributed by atoms with Crippen LogP contribution < -0.4 is 0 Å². The number of hydrogen-bond donors (Lipinski definition) is 1. The summed E-state index contributed by atoms with van der Waals surface area (Å²) in [5, 5.41) is 10.9. The number of allylic oxidation sites excluding steroid dienone is 1. The number of carbonyl (C=O) groups is 1. The predicted octanol–water partition coefficient (Wildman–Crippen LogP) is 1.60. The average molecular weight is 250 g/mol. The van der Waals surface area contributed by atoms with Gasteiger partial charge in [-0.25, -0.2) is 5.01 Å². The van der Waals surface area contributed by atoms with Crippen LogP contribution in [0.1, 0.15) is 19.3 Å². The number of hydrazine groups is 1. The minimum absolute atomic E-state index is 0.286. The maximum absolute atomic E-state index is 13.0. The van der Waals surface area contributed by atoms with Crippen molar-refractivity contribution in [3.8, 4) is 0 Å². The van der Waals surface area contributed by atoms with Gasteiger partial charge in [0.2, 0.25) is 0 Å². The summed E-state index contributed by atoms with van der Waals surface area (Å²) in [5.74, 6) is -1.26. The van der Waals surface area contributed by atoms with Crippen molar-refractivity contribution in [2.75, 3.05) is 13.6 Å². The average Bonchev–Trinajstić information content (AvgIpc) is 2.68. The largest absolute Gasteiger partial charge is 0.480 e. The lowest BCUT2D eigenvalue weighted by Crippen LogP contribution is -2.44. The third kappa shape index (κ3) is 1.99. The Kier molecular flexibility index (Phi) is 2.81. The summed E-state index contributed by atoms with van der Waals surface area (Å²) in [5.41, 5.74) is -0.439. The van der Waals surface area contributed by atoms with E-state index >= 15 is 0 Å². The van der Waals surface area contributed by atoms with Gasteiger partial charge in [0.05, 0.1) is 6.04 Å². The van der Waals surface area contributed by atoms with Gasteiger partial charge in [-0.15, -0.1) is 0 Å². The number of rotatable bonds is 2. The highest BCUT2D eigenvalue weighted by molar-refractivity contribution is 5.69. The zero-order valence-corrected chi connectivity index (χ0v) is 9.29. The Morgan fingerprint density at radius 2 is 2.18 bits per heavy atom. The maximum Gasteiger partial charge on any atom is 0.432 e. The van der Waals surface area contributed by atoms with E-state index < -0.39 is 24.4 Å². The first kappa shape index (κ1) is 12.2. The second-order valence-corrected chi connectivity index (χ2v) is 4.30. The molecule has 1 aliphatic carbocycles. The Morgan fingerprint density at radius 1 is 1.53 bits per heavy atom. The van der Waals surface area contributed by atoms with E-state index in [1.807, 2.05) is 0 Å². The fraction of sp³-hybridized carbons (Fsp3) is 0.700. The molecule has 7 heteroatoms. The van der Waals surface area contributed by atoms with Crippen molar-refractivity contribution in [2.24, 2.45) is 0 Å². The quantitative estimate of drug-likeness (QED) is 0.808. The lowest BCUT2D eigenvalue weighted by atomic mass is 10.1. The number of aliphatic carboxylic acids is 1. The Bertz CT molecular complexity index is 378. The summed E-state index contributed by atoms with van der Waals surface area (Å²) in [4.78, 5) is 10.6. The number of likely N-dealkylation sites (N-methyl/N-ethyl adjacent to an activating group) is 1. The summed E-state index contributed by atoms with van der Waals surface area (Å²) in [6, 6.07) is -0.286. The predicted molar refractivity (Wildman–Crippen MR) is 52.8 cm³/mol. The second-order valence-electron chi connectivity index (χ2n) is 4.30. The highest BCUT2D eigenvalue weighted by Gasteiger charge is 2.50. The van der Waals surface area contributed by atoms with E-state index in [2.05, 4.69) is 0 Å². The van der Waals surface area contributed by atoms with E-state index in [1.54, 1.807) is 0 Å². The van der Waals surface area contributed by atoms with Gasteiger partial charge in [0.1, 0.15) is 12.2 Å². The van der Waals surface area contributed by atoms with E-state index in [4.69, 9.17) is 5.11 Å². The molecule has 4 nitrogen and oxygen atoms in total. The van der Waals surface area contributed by atoms with E-state index in [0.717, 1.165) is 11.4 Å². The van der Waals surface area contributed by atoms with Crippen LogP contribution in [0.25, 0.3) is 0 Å². The van der Waals surface area contributed by atoms with Gasteiger partial charge in [0, 0.05) is 7.05 Å². The maximum atomic E-state index is 13.0. The van der Waals surface area contributed by atoms with Gasteiger partial charge >= 0.3 is 12.1 Å². The van der Waals surface area contributed by atoms with Gasteiger partial charge < -0.3 is 5.11 Å².